The number of rotatable bonds is 5. The highest BCUT2D eigenvalue weighted by atomic mass is 16.6. The number of anilines is 1. The summed E-state index contributed by atoms with van der Waals surface area (Å²) in [6, 6.07) is 18.9. The molecule has 0 aliphatic carbocycles. The van der Waals surface area contributed by atoms with E-state index in [2.05, 4.69) is 20.3 Å². The van der Waals surface area contributed by atoms with Crippen molar-refractivity contribution >= 4 is 17.8 Å². The normalized spacial score (nSPS) is 10.7. The third-order valence-electron chi connectivity index (χ3n) is 3.93. The molecule has 0 radical (unpaired) electrons. The molecule has 2 aromatic carbocycles. The Bertz CT molecular complexity index is 934. The van der Waals surface area contributed by atoms with Crippen molar-refractivity contribution in [1.29, 1.82) is 0 Å². The highest BCUT2D eigenvalue weighted by Gasteiger charge is 2.12. The van der Waals surface area contributed by atoms with Crippen LogP contribution < -0.4 is 5.32 Å². The smallest absolute Gasteiger partial charge is 0.255 e. The zero-order valence-corrected chi connectivity index (χ0v) is 14.6. The molecule has 0 saturated heterocycles. The first kappa shape index (κ1) is 17.4. The van der Waals surface area contributed by atoms with E-state index in [9.17, 15) is 4.79 Å². The van der Waals surface area contributed by atoms with E-state index < -0.39 is 0 Å². The van der Waals surface area contributed by atoms with Gasteiger partial charge in [0.05, 0.1) is 17.6 Å². The van der Waals surface area contributed by atoms with Crippen LogP contribution in [0.4, 0.5) is 5.69 Å². The molecule has 5 heteroatoms. The molecule has 3 rings (SSSR count). The molecule has 26 heavy (non-hydrogen) atoms. The van der Waals surface area contributed by atoms with Gasteiger partial charge in [-0.05, 0) is 36.8 Å². The fraction of sp³-hybridized carbons (Fsp3) is 0.0952. The number of pyridine rings is 1. The van der Waals surface area contributed by atoms with Crippen molar-refractivity contribution in [1.82, 2.24) is 4.98 Å². The molecule has 1 heterocycles. The molecule has 5 nitrogen and oxygen atoms in total. The monoisotopic (exact) mass is 345 g/mol. The third kappa shape index (κ3) is 3.95. The molecule has 0 aliphatic heterocycles. The second-order valence-electron chi connectivity index (χ2n) is 5.71. The standard InChI is InChI=1S/C21H19N3O2/c1-15-7-3-4-8-17(15)21(25)24-20-10-6-5-9-18(20)19-12-11-16(13-22-19)14-23-26-2/h3-14H,1-2H3,(H,24,25). The molecule has 130 valence electrons. The number of nitrogens with one attached hydrogen (secondary N) is 1. The van der Waals surface area contributed by atoms with Gasteiger partial charge < -0.3 is 10.2 Å². The first-order chi connectivity index (χ1) is 12.7. The first-order valence-electron chi connectivity index (χ1n) is 8.18. The Kier molecular flexibility index (Phi) is 5.39. The van der Waals surface area contributed by atoms with Crippen molar-refractivity contribution in [3.63, 3.8) is 0 Å². The molecule has 0 spiro atoms. The van der Waals surface area contributed by atoms with Crippen molar-refractivity contribution in [2.75, 3.05) is 12.4 Å². The second-order valence-corrected chi connectivity index (χ2v) is 5.71. The summed E-state index contributed by atoms with van der Waals surface area (Å²) in [6.45, 7) is 1.92. The lowest BCUT2D eigenvalue weighted by molar-refractivity contribution is 0.102. The summed E-state index contributed by atoms with van der Waals surface area (Å²) >= 11 is 0. The molecule has 1 N–H and O–H groups in total. The molecule has 0 atom stereocenters. The zero-order valence-electron chi connectivity index (χ0n) is 14.6. The number of nitrogens with zero attached hydrogens (tertiary/aromatic N) is 2. The number of carbonyl (C=O) groups excluding carboxylic acids is 1. The van der Waals surface area contributed by atoms with Crippen LogP contribution in [-0.4, -0.2) is 24.2 Å². The van der Waals surface area contributed by atoms with Gasteiger partial charge in [0.25, 0.3) is 5.91 Å². The third-order valence-corrected chi connectivity index (χ3v) is 3.93. The Balaban J connectivity index is 1.88. The number of para-hydroxylation sites is 1. The minimum Gasteiger partial charge on any atom is -0.399 e. The quantitative estimate of drug-likeness (QED) is 0.554. The van der Waals surface area contributed by atoms with Gasteiger partial charge >= 0.3 is 0 Å². The molecule has 1 amide bonds. The van der Waals surface area contributed by atoms with Crippen LogP contribution in [-0.2, 0) is 4.84 Å². The van der Waals surface area contributed by atoms with E-state index in [0.29, 0.717) is 11.3 Å². The van der Waals surface area contributed by atoms with Gasteiger partial charge in [-0.3, -0.25) is 9.78 Å². The summed E-state index contributed by atoms with van der Waals surface area (Å²) in [7, 11) is 1.49. The zero-order chi connectivity index (χ0) is 18.4. The topological polar surface area (TPSA) is 63.6 Å². The van der Waals surface area contributed by atoms with Gasteiger partial charge in [-0.1, -0.05) is 41.6 Å². The van der Waals surface area contributed by atoms with Crippen molar-refractivity contribution in [2.24, 2.45) is 5.16 Å². The van der Waals surface area contributed by atoms with Crippen molar-refractivity contribution in [2.45, 2.75) is 6.92 Å². The molecule has 0 bridgehead atoms. The Morgan fingerprint density at radius 3 is 2.58 bits per heavy atom. The summed E-state index contributed by atoms with van der Waals surface area (Å²) in [5.74, 6) is -0.139. The van der Waals surface area contributed by atoms with Gasteiger partial charge in [0.1, 0.15) is 7.11 Å². The van der Waals surface area contributed by atoms with Crippen LogP contribution in [0.2, 0.25) is 0 Å². The van der Waals surface area contributed by atoms with E-state index in [-0.39, 0.29) is 5.91 Å². The minimum atomic E-state index is -0.139. The van der Waals surface area contributed by atoms with Crippen LogP contribution in [0.1, 0.15) is 21.5 Å². The predicted molar refractivity (Wildman–Crippen MR) is 103 cm³/mol. The van der Waals surface area contributed by atoms with Crippen LogP contribution in [0.3, 0.4) is 0 Å². The lowest BCUT2D eigenvalue weighted by atomic mass is 10.1. The van der Waals surface area contributed by atoms with Gasteiger partial charge in [0.2, 0.25) is 0 Å². The van der Waals surface area contributed by atoms with E-state index in [1.807, 2.05) is 67.6 Å². The van der Waals surface area contributed by atoms with E-state index in [4.69, 9.17) is 0 Å². The van der Waals surface area contributed by atoms with Crippen LogP contribution in [0.15, 0.2) is 72.0 Å². The molecule has 0 aliphatic rings. The average Bonchev–Trinajstić information content (AvgIpc) is 2.67. The number of aromatic nitrogens is 1. The number of carbonyl (C=O) groups is 1. The molecule has 1 aromatic heterocycles. The summed E-state index contributed by atoms with van der Waals surface area (Å²) in [6.07, 6.45) is 3.29. The van der Waals surface area contributed by atoms with E-state index in [1.165, 1.54) is 7.11 Å². The number of benzene rings is 2. The summed E-state index contributed by atoms with van der Waals surface area (Å²) < 4.78 is 0. The molecule has 0 fully saturated rings. The number of oxime groups is 1. The molecular formula is C21H19N3O2. The first-order valence-corrected chi connectivity index (χ1v) is 8.18. The maximum absolute atomic E-state index is 12.6. The molecule has 0 saturated carbocycles. The highest BCUT2D eigenvalue weighted by molar-refractivity contribution is 6.07. The lowest BCUT2D eigenvalue weighted by Crippen LogP contribution is -2.14. The van der Waals surface area contributed by atoms with Gasteiger partial charge in [-0.2, -0.15) is 0 Å². The van der Waals surface area contributed by atoms with E-state index in [1.54, 1.807) is 12.4 Å². The maximum atomic E-state index is 12.6. The minimum absolute atomic E-state index is 0.139. The number of aryl methyl sites for hydroxylation is 1. The number of hydrogen-bond donors (Lipinski definition) is 1. The van der Waals surface area contributed by atoms with Crippen molar-refractivity contribution in [3.8, 4) is 11.3 Å². The van der Waals surface area contributed by atoms with Gasteiger partial charge in [-0.25, -0.2) is 0 Å². The maximum Gasteiger partial charge on any atom is 0.255 e. The van der Waals surface area contributed by atoms with E-state index >= 15 is 0 Å². The SMILES string of the molecule is CON=Cc1ccc(-c2ccccc2NC(=O)c2ccccc2C)nc1. The van der Waals surface area contributed by atoms with Crippen molar-refractivity contribution < 1.29 is 9.63 Å². The molecular weight excluding hydrogens is 326 g/mol. The predicted octanol–water partition coefficient (Wildman–Crippen LogP) is 4.29. The van der Waals surface area contributed by atoms with Crippen LogP contribution in [0, 0.1) is 6.92 Å². The Labute approximate surface area is 152 Å². The van der Waals surface area contributed by atoms with Gasteiger partial charge in [0, 0.05) is 22.9 Å². The average molecular weight is 345 g/mol. The lowest BCUT2D eigenvalue weighted by Gasteiger charge is -2.12. The Morgan fingerprint density at radius 1 is 1.08 bits per heavy atom. The second kappa shape index (κ2) is 8.07. The van der Waals surface area contributed by atoms with Crippen LogP contribution >= 0.6 is 0 Å². The fourth-order valence-corrected chi connectivity index (χ4v) is 2.59. The number of hydrogen-bond acceptors (Lipinski definition) is 4. The van der Waals surface area contributed by atoms with Gasteiger partial charge in [0.15, 0.2) is 0 Å². The van der Waals surface area contributed by atoms with Gasteiger partial charge in [-0.15, -0.1) is 0 Å². The van der Waals surface area contributed by atoms with E-state index in [0.717, 1.165) is 22.4 Å². The summed E-state index contributed by atoms with van der Waals surface area (Å²) in [4.78, 5) is 21.8. The largest absolute Gasteiger partial charge is 0.399 e. The summed E-state index contributed by atoms with van der Waals surface area (Å²) in [5, 5.41) is 6.71. The number of amides is 1. The Morgan fingerprint density at radius 2 is 1.85 bits per heavy atom. The van der Waals surface area contributed by atoms with Crippen LogP contribution in [0.5, 0.6) is 0 Å². The highest BCUT2D eigenvalue weighted by Crippen LogP contribution is 2.27. The molecule has 3 aromatic rings. The Hall–Kier alpha value is -3.47. The summed E-state index contributed by atoms with van der Waals surface area (Å²) in [5.41, 5.74) is 4.75. The molecule has 0 unspecified atom stereocenters. The fourth-order valence-electron chi connectivity index (χ4n) is 2.59. The van der Waals surface area contributed by atoms with Crippen molar-refractivity contribution in [3.05, 3.63) is 83.6 Å². The van der Waals surface area contributed by atoms with Crippen LogP contribution in [0.25, 0.3) is 11.3 Å².